The van der Waals surface area contributed by atoms with Gasteiger partial charge in [-0.1, -0.05) is 24.3 Å². The van der Waals surface area contributed by atoms with Gasteiger partial charge < -0.3 is 10.1 Å². The van der Waals surface area contributed by atoms with E-state index in [1.165, 1.54) is 12.1 Å². The summed E-state index contributed by atoms with van der Waals surface area (Å²) in [7, 11) is 1.60. The maximum atomic E-state index is 13.1. The third-order valence-electron chi connectivity index (χ3n) is 5.61. The SMILES string of the molecule is COc1ccc([C@@H]2CC(=O)C3=C(C2)NC(=O)C[C@H]3c2cccc([N+](=O)[O-])c2)cc1. The summed E-state index contributed by atoms with van der Waals surface area (Å²) in [5, 5.41) is 14.0. The van der Waals surface area contributed by atoms with E-state index in [0.29, 0.717) is 29.7 Å². The van der Waals surface area contributed by atoms with Crippen molar-refractivity contribution in [1.29, 1.82) is 0 Å². The zero-order chi connectivity index (χ0) is 20.5. The number of allylic oxidation sites excluding steroid dienone is 2. The Balaban J connectivity index is 1.69. The molecule has 0 saturated heterocycles. The summed E-state index contributed by atoms with van der Waals surface area (Å²) in [6.45, 7) is 0. The Morgan fingerprint density at radius 1 is 1.03 bits per heavy atom. The van der Waals surface area contributed by atoms with Crippen molar-refractivity contribution in [3.8, 4) is 5.75 Å². The number of nitrogens with zero attached hydrogens (tertiary/aromatic N) is 1. The average molecular weight is 392 g/mol. The van der Waals surface area contributed by atoms with Crippen LogP contribution in [0.4, 0.5) is 5.69 Å². The number of amides is 1. The predicted molar refractivity (Wildman–Crippen MR) is 106 cm³/mol. The van der Waals surface area contributed by atoms with Crippen LogP contribution in [0.2, 0.25) is 0 Å². The zero-order valence-electron chi connectivity index (χ0n) is 15.9. The molecule has 0 unspecified atom stereocenters. The molecule has 1 heterocycles. The van der Waals surface area contributed by atoms with Crippen LogP contribution in [0.15, 0.2) is 59.8 Å². The van der Waals surface area contributed by atoms with Crippen molar-refractivity contribution in [2.24, 2.45) is 0 Å². The molecule has 0 fully saturated rings. The van der Waals surface area contributed by atoms with Gasteiger partial charge in [0.15, 0.2) is 5.78 Å². The van der Waals surface area contributed by atoms with Crippen molar-refractivity contribution in [3.63, 3.8) is 0 Å². The first-order chi connectivity index (χ1) is 14.0. The summed E-state index contributed by atoms with van der Waals surface area (Å²) in [5.74, 6) is 0.0544. The van der Waals surface area contributed by atoms with E-state index in [4.69, 9.17) is 4.74 Å². The van der Waals surface area contributed by atoms with Crippen LogP contribution in [-0.2, 0) is 9.59 Å². The van der Waals surface area contributed by atoms with Crippen LogP contribution < -0.4 is 10.1 Å². The van der Waals surface area contributed by atoms with Crippen LogP contribution >= 0.6 is 0 Å². The second-order valence-electron chi connectivity index (χ2n) is 7.35. The predicted octanol–water partition coefficient (Wildman–Crippen LogP) is 3.61. The van der Waals surface area contributed by atoms with Crippen LogP contribution in [0.1, 0.15) is 42.2 Å². The fourth-order valence-corrected chi connectivity index (χ4v) is 4.21. The van der Waals surface area contributed by atoms with Crippen molar-refractivity contribution in [3.05, 3.63) is 81.0 Å². The largest absolute Gasteiger partial charge is 0.497 e. The van der Waals surface area contributed by atoms with Crippen molar-refractivity contribution in [2.75, 3.05) is 7.11 Å². The van der Waals surface area contributed by atoms with Crippen LogP contribution in [0.25, 0.3) is 0 Å². The van der Waals surface area contributed by atoms with E-state index in [1.807, 2.05) is 24.3 Å². The van der Waals surface area contributed by atoms with Crippen LogP contribution in [0, 0.1) is 10.1 Å². The fraction of sp³-hybridized carbons (Fsp3) is 0.273. The van der Waals surface area contributed by atoms with E-state index in [2.05, 4.69) is 5.32 Å². The number of hydrogen-bond donors (Lipinski definition) is 1. The quantitative estimate of drug-likeness (QED) is 0.633. The van der Waals surface area contributed by atoms with E-state index < -0.39 is 10.8 Å². The minimum atomic E-state index is -0.468. The highest BCUT2D eigenvalue weighted by atomic mass is 16.6. The minimum Gasteiger partial charge on any atom is -0.497 e. The highest BCUT2D eigenvalue weighted by molar-refractivity contribution is 6.02. The van der Waals surface area contributed by atoms with Gasteiger partial charge in [0.25, 0.3) is 5.69 Å². The number of ether oxygens (including phenoxy) is 1. The molecule has 148 valence electrons. The Kier molecular flexibility index (Phi) is 4.88. The van der Waals surface area contributed by atoms with E-state index in [9.17, 15) is 19.7 Å². The lowest BCUT2D eigenvalue weighted by molar-refractivity contribution is -0.384. The van der Waals surface area contributed by atoms with E-state index in [0.717, 1.165) is 11.3 Å². The van der Waals surface area contributed by atoms with Gasteiger partial charge in [0, 0.05) is 42.2 Å². The van der Waals surface area contributed by atoms with E-state index in [1.54, 1.807) is 19.2 Å². The molecule has 0 radical (unpaired) electrons. The van der Waals surface area contributed by atoms with Crippen molar-refractivity contribution >= 4 is 17.4 Å². The number of Topliss-reactive ketones (excluding diaryl/α,β-unsaturated/α-hetero) is 1. The number of carbonyl (C=O) groups excluding carboxylic acids is 2. The maximum absolute atomic E-state index is 13.1. The number of nitro benzene ring substituents is 1. The Morgan fingerprint density at radius 2 is 1.79 bits per heavy atom. The molecule has 0 bridgehead atoms. The molecule has 0 aromatic heterocycles. The molecule has 7 nitrogen and oxygen atoms in total. The number of nitrogens with one attached hydrogen (secondary N) is 1. The Bertz CT molecular complexity index is 1030. The van der Waals surface area contributed by atoms with Crippen LogP contribution in [0.3, 0.4) is 0 Å². The summed E-state index contributed by atoms with van der Waals surface area (Å²) < 4.78 is 5.19. The third-order valence-corrected chi connectivity index (χ3v) is 5.61. The summed E-state index contributed by atoms with van der Waals surface area (Å²) in [6, 6.07) is 13.8. The lowest BCUT2D eigenvalue weighted by atomic mass is 9.73. The highest BCUT2D eigenvalue weighted by Crippen LogP contribution is 2.43. The molecule has 4 rings (SSSR count). The van der Waals surface area contributed by atoms with Crippen molar-refractivity contribution in [2.45, 2.75) is 31.1 Å². The van der Waals surface area contributed by atoms with Gasteiger partial charge in [0.1, 0.15) is 5.75 Å². The van der Waals surface area contributed by atoms with Crippen LogP contribution in [0.5, 0.6) is 5.75 Å². The van der Waals surface area contributed by atoms with Gasteiger partial charge in [0.05, 0.1) is 12.0 Å². The molecule has 1 aliphatic carbocycles. The van der Waals surface area contributed by atoms with Gasteiger partial charge in [-0.25, -0.2) is 0 Å². The number of nitro groups is 1. The monoisotopic (exact) mass is 392 g/mol. The average Bonchev–Trinajstić information content (AvgIpc) is 2.73. The number of non-ortho nitro benzene ring substituents is 1. The second kappa shape index (κ2) is 7.50. The number of rotatable bonds is 4. The topological polar surface area (TPSA) is 98.5 Å². The minimum absolute atomic E-state index is 0.0245. The summed E-state index contributed by atoms with van der Waals surface area (Å²) in [5.41, 5.74) is 2.80. The molecule has 1 N–H and O–H groups in total. The molecule has 0 spiro atoms. The number of benzene rings is 2. The van der Waals surface area contributed by atoms with Gasteiger partial charge in [-0.3, -0.25) is 19.7 Å². The summed E-state index contributed by atoms with van der Waals surface area (Å²) in [6.07, 6.45) is 0.996. The zero-order valence-corrected chi connectivity index (χ0v) is 15.9. The Labute approximate surface area is 167 Å². The van der Waals surface area contributed by atoms with Gasteiger partial charge in [0.2, 0.25) is 5.91 Å². The highest BCUT2D eigenvalue weighted by Gasteiger charge is 2.38. The standard InChI is InChI=1S/C22H20N2O5/c1-29-17-7-5-13(6-8-17)15-10-19-22(20(25)11-15)18(12-21(26)23-19)14-3-2-4-16(9-14)24(27)28/h2-9,15,18H,10-12H2,1H3,(H,23,26)/t15-,18-/m0/s1. The van der Waals surface area contributed by atoms with Crippen molar-refractivity contribution < 1.29 is 19.2 Å². The first-order valence-electron chi connectivity index (χ1n) is 9.40. The number of carbonyl (C=O) groups is 2. The second-order valence-corrected chi connectivity index (χ2v) is 7.35. The van der Waals surface area contributed by atoms with Gasteiger partial charge in [-0.15, -0.1) is 0 Å². The summed E-state index contributed by atoms with van der Waals surface area (Å²) in [4.78, 5) is 36.1. The maximum Gasteiger partial charge on any atom is 0.269 e. The first kappa shape index (κ1) is 18.9. The molecule has 1 amide bonds. The van der Waals surface area contributed by atoms with E-state index >= 15 is 0 Å². The summed E-state index contributed by atoms with van der Waals surface area (Å²) >= 11 is 0. The number of methoxy groups -OCH3 is 1. The Hall–Kier alpha value is -3.48. The molecule has 1 aliphatic heterocycles. The molecule has 0 saturated carbocycles. The van der Waals surface area contributed by atoms with Crippen molar-refractivity contribution in [1.82, 2.24) is 5.32 Å². The normalized spacial score (nSPS) is 21.4. The van der Waals surface area contributed by atoms with E-state index in [-0.39, 0.29) is 29.7 Å². The van der Waals surface area contributed by atoms with Gasteiger partial charge in [-0.05, 0) is 35.6 Å². The Morgan fingerprint density at radius 3 is 2.48 bits per heavy atom. The van der Waals surface area contributed by atoms with Gasteiger partial charge >= 0.3 is 0 Å². The number of ketones is 1. The van der Waals surface area contributed by atoms with Crippen LogP contribution in [-0.4, -0.2) is 23.7 Å². The molecule has 2 aromatic rings. The molecule has 29 heavy (non-hydrogen) atoms. The number of hydrogen-bond acceptors (Lipinski definition) is 5. The molecular formula is C22H20N2O5. The smallest absolute Gasteiger partial charge is 0.269 e. The molecule has 2 aliphatic rings. The molecular weight excluding hydrogens is 372 g/mol. The lowest BCUT2D eigenvalue weighted by Gasteiger charge is -2.34. The molecule has 2 atom stereocenters. The fourth-order valence-electron chi connectivity index (χ4n) is 4.21. The molecule has 7 heteroatoms. The third kappa shape index (κ3) is 3.63. The lowest BCUT2D eigenvalue weighted by Crippen LogP contribution is -2.38. The first-order valence-corrected chi connectivity index (χ1v) is 9.40. The molecule has 2 aromatic carbocycles. The van der Waals surface area contributed by atoms with Gasteiger partial charge in [-0.2, -0.15) is 0 Å².